The molecule has 2 aromatic carbocycles. The minimum Gasteiger partial charge on any atom is -0.350 e. The second kappa shape index (κ2) is 8.18. The van der Waals surface area contributed by atoms with Crippen molar-refractivity contribution < 1.29 is 9.59 Å². The molecule has 0 aliphatic carbocycles. The monoisotopic (exact) mass is 364 g/mol. The van der Waals surface area contributed by atoms with Crippen LogP contribution in [0, 0.1) is 0 Å². The van der Waals surface area contributed by atoms with E-state index in [1.807, 2.05) is 13.8 Å². The Kier molecular flexibility index (Phi) is 6.23. The summed E-state index contributed by atoms with van der Waals surface area (Å²) in [5.74, 6) is -0.313. The fourth-order valence-electron chi connectivity index (χ4n) is 2.09. The first-order valence-electron chi connectivity index (χ1n) is 7.50. The van der Waals surface area contributed by atoms with Crippen molar-refractivity contribution in [3.05, 3.63) is 63.6 Å². The van der Waals surface area contributed by atoms with Crippen LogP contribution >= 0.6 is 23.2 Å². The molecule has 0 fully saturated rings. The van der Waals surface area contributed by atoms with E-state index in [9.17, 15) is 9.59 Å². The normalized spacial score (nSPS) is 10.5. The molecule has 0 unspecified atom stereocenters. The number of halogens is 2. The van der Waals surface area contributed by atoms with Gasteiger partial charge in [0.15, 0.2) is 0 Å². The third-order valence-corrected chi connectivity index (χ3v) is 3.94. The maximum Gasteiger partial charge on any atom is 0.251 e. The van der Waals surface area contributed by atoms with Crippen LogP contribution in [0.4, 0.5) is 5.69 Å². The molecule has 4 nitrogen and oxygen atoms in total. The molecule has 0 spiro atoms. The number of carbonyl (C=O) groups is 2. The molecule has 0 aliphatic heterocycles. The summed E-state index contributed by atoms with van der Waals surface area (Å²) in [6.07, 6.45) is 0.187. The Morgan fingerprint density at radius 2 is 1.67 bits per heavy atom. The van der Waals surface area contributed by atoms with Crippen LogP contribution in [-0.4, -0.2) is 17.9 Å². The summed E-state index contributed by atoms with van der Waals surface area (Å²) in [4.78, 5) is 23.9. The molecule has 0 bridgehead atoms. The highest BCUT2D eigenvalue weighted by Gasteiger charge is 2.09. The van der Waals surface area contributed by atoms with Crippen LogP contribution in [0.25, 0.3) is 0 Å². The van der Waals surface area contributed by atoms with Crippen molar-refractivity contribution in [3.63, 3.8) is 0 Å². The summed E-state index contributed by atoms with van der Waals surface area (Å²) in [7, 11) is 0. The third-order valence-electron chi connectivity index (χ3n) is 3.20. The minimum atomic E-state index is -0.173. The van der Waals surface area contributed by atoms with Crippen molar-refractivity contribution in [2.75, 3.05) is 5.32 Å². The van der Waals surface area contributed by atoms with Gasteiger partial charge in [0.05, 0.1) is 16.5 Å². The zero-order chi connectivity index (χ0) is 17.7. The highest BCUT2D eigenvalue weighted by molar-refractivity contribution is 6.42. The number of benzene rings is 2. The number of amides is 2. The minimum absolute atomic E-state index is 0.0723. The van der Waals surface area contributed by atoms with Crippen LogP contribution in [0.5, 0.6) is 0 Å². The highest BCUT2D eigenvalue weighted by Crippen LogP contribution is 2.23. The molecule has 0 saturated heterocycles. The predicted octanol–water partition coefficient (Wildman–Crippen LogP) is 4.31. The fraction of sp³-hybridized carbons (Fsp3) is 0.222. The van der Waals surface area contributed by atoms with Gasteiger partial charge in [-0.15, -0.1) is 0 Å². The molecule has 2 amide bonds. The summed E-state index contributed by atoms with van der Waals surface area (Å²) in [6.45, 7) is 3.80. The molecule has 2 aromatic rings. The van der Waals surface area contributed by atoms with Crippen molar-refractivity contribution in [2.24, 2.45) is 0 Å². The van der Waals surface area contributed by atoms with Gasteiger partial charge in [-0.05, 0) is 55.8 Å². The van der Waals surface area contributed by atoms with E-state index in [1.165, 1.54) is 0 Å². The van der Waals surface area contributed by atoms with Crippen LogP contribution in [0.15, 0.2) is 42.5 Å². The lowest BCUT2D eigenvalue weighted by Gasteiger charge is -2.09. The summed E-state index contributed by atoms with van der Waals surface area (Å²) in [5, 5.41) is 6.47. The zero-order valence-corrected chi connectivity index (χ0v) is 14.9. The standard InChI is InChI=1S/C18H18Cl2N2O2/c1-11(2)21-18(24)13-4-6-14(7-5-13)22-17(23)10-12-3-8-15(19)16(20)9-12/h3-9,11H,10H2,1-2H3,(H,21,24)(H,22,23). The topological polar surface area (TPSA) is 58.2 Å². The average molecular weight is 365 g/mol. The summed E-state index contributed by atoms with van der Waals surface area (Å²) < 4.78 is 0. The quantitative estimate of drug-likeness (QED) is 0.830. The van der Waals surface area contributed by atoms with Crippen molar-refractivity contribution in [2.45, 2.75) is 26.3 Å². The molecular formula is C18H18Cl2N2O2. The van der Waals surface area contributed by atoms with Gasteiger partial charge >= 0.3 is 0 Å². The Morgan fingerprint density at radius 1 is 1.00 bits per heavy atom. The first-order valence-corrected chi connectivity index (χ1v) is 8.25. The molecule has 0 aliphatic rings. The van der Waals surface area contributed by atoms with E-state index in [0.717, 1.165) is 5.56 Å². The summed E-state index contributed by atoms with van der Waals surface area (Å²) in [6, 6.07) is 11.9. The first-order chi connectivity index (χ1) is 11.3. The Labute approximate surface area is 151 Å². The largest absolute Gasteiger partial charge is 0.350 e. The van der Waals surface area contributed by atoms with Crippen LogP contribution in [0.2, 0.25) is 10.0 Å². The van der Waals surface area contributed by atoms with Gasteiger partial charge in [-0.25, -0.2) is 0 Å². The molecule has 2 rings (SSSR count). The number of carbonyl (C=O) groups excluding carboxylic acids is 2. The highest BCUT2D eigenvalue weighted by atomic mass is 35.5. The number of hydrogen-bond donors (Lipinski definition) is 2. The summed E-state index contributed by atoms with van der Waals surface area (Å²) in [5.41, 5.74) is 1.95. The van der Waals surface area contributed by atoms with E-state index in [1.54, 1.807) is 42.5 Å². The zero-order valence-electron chi connectivity index (χ0n) is 13.4. The average Bonchev–Trinajstić information content (AvgIpc) is 2.51. The fourth-order valence-corrected chi connectivity index (χ4v) is 2.41. The Hall–Kier alpha value is -2.04. The molecule has 0 atom stereocenters. The van der Waals surface area contributed by atoms with Crippen molar-refractivity contribution in [1.29, 1.82) is 0 Å². The Morgan fingerprint density at radius 3 is 2.25 bits per heavy atom. The molecule has 0 radical (unpaired) electrons. The number of anilines is 1. The lowest BCUT2D eigenvalue weighted by molar-refractivity contribution is -0.115. The van der Waals surface area contributed by atoms with Gasteiger partial charge in [0, 0.05) is 17.3 Å². The van der Waals surface area contributed by atoms with E-state index in [-0.39, 0.29) is 24.3 Å². The van der Waals surface area contributed by atoms with E-state index in [2.05, 4.69) is 10.6 Å². The lowest BCUT2D eigenvalue weighted by atomic mass is 10.1. The van der Waals surface area contributed by atoms with Crippen LogP contribution in [-0.2, 0) is 11.2 Å². The maximum absolute atomic E-state index is 12.1. The first kappa shape index (κ1) is 18.3. The molecule has 2 N–H and O–H groups in total. The van der Waals surface area contributed by atoms with Crippen LogP contribution in [0.1, 0.15) is 29.8 Å². The van der Waals surface area contributed by atoms with Gasteiger partial charge < -0.3 is 10.6 Å². The molecule has 0 aromatic heterocycles. The van der Waals surface area contributed by atoms with Gasteiger partial charge in [-0.1, -0.05) is 29.3 Å². The Bertz CT molecular complexity index is 743. The molecule has 6 heteroatoms. The lowest BCUT2D eigenvalue weighted by Crippen LogP contribution is -2.30. The molecule has 24 heavy (non-hydrogen) atoms. The molecule has 0 heterocycles. The number of rotatable bonds is 5. The van der Waals surface area contributed by atoms with E-state index < -0.39 is 0 Å². The van der Waals surface area contributed by atoms with E-state index in [4.69, 9.17) is 23.2 Å². The number of hydrogen-bond acceptors (Lipinski definition) is 2. The third kappa shape index (κ3) is 5.25. The smallest absolute Gasteiger partial charge is 0.251 e. The predicted molar refractivity (Wildman–Crippen MR) is 97.8 cm³/mol. The molecule has 0 saturated carbocycles. The maximum atomic E-state index is 12.1. The van der Waals surface area contributed by atoms with Crippen molar-refractivity contribution in [1.82, 2.24) is 5.32 Å². The van der Waals surface area contributed by atoms with Gasteiger partial charge in [-0.2, -0.15) is 0 Å². The summed E-state index contributed by atoms with van der Waals surface area (Å²) >= 11 is 11.8. The van der Waals surface area contributed by atoms with Gasteiger partial charge in [0.1, 0.15) is 0 Å². The Balaban J connectivity index is 1.96. The molecule has 126 valence electrons. The second-order valence-corrected chi connectivity index (χ2v) is 6.49. The van der Waals surface area contributed by atoms with E-state index in [0.29, 0.717) is 21.3 Å². The number of nitrogens with one attached hydrogen (secondary N) is 2. The van der Waals surface area contributed by atoms with Gasteiger partial charge in [0.25, 0.3) is 5.91 Å². The van der Waals surface area contributed by atoms with Gasteiger partial charge in [-0.3, -0.25) is 9.59 Å². The van der Waals surface area contributed by atoms with Crippen molar-refractivity contribution in [3.8, 4) is 0 Å². The van der Waals surface area contributed by atoms with Crippen molar-refractivity contribution >= 4 is 40.7 Å². The van der Waals surface area contributed by atoms with Crippen LogP contribution < -0.4 is 10.6 Å². The second-order valence-electron chi connectivity index (χ2n) is 5.68. The van der Waals surface area contributed by atoms with Crippen LogP contribution in [0.3, 0.4) is 0 Å². The SMILES string of the molecule is CC(C)NC(=O)c1ccc(NC(=O)Cc2ccc(Cl)c(Cl)c2)cc1. The molecular weight excluding hydrogens is 347 g/mol. The van der Waals surface area contributed by atoms with E-state index >= 15 is 0 Å². The van der Waals surface area contributed by atoms with Gasteiger partial charge in [0.2, 0.25) is 5.91 Å².